The van der Waals surface area contributed by atoms with Crippen LogP contribution in [0.1, 0.15) is 30.8 Å². The number of hydrogen-bond donors (Lipinski definition) is 1. The molecule has 3 rings (SSSR count). The highest BCUT2D eigenvalue weighted by atomic mass is 15.3. The normalized spacial score (nSPS) is 15.8. The molecular formula is C17H25N5. The van der Waals surface area contributed by atoms with Gasteiger partial charge in [-0.15, -0.1) is 0 Å². The van der Waals surface area contributed by atoms with E-state index in [2.05, 4.69) is 58.4 Å². The second kappa shape index (κ2) is 6.18. The van der Waals surface area contributed by atoms with Crippen molar-refractivity contribution in [1.29, 1.82) is 0 Å². The van der Waals surface area contributed by atoms with Crippen LogP contribution in [0.5, 0.6) is 0 Å². The predicted octanol–water partition coefficient (Wildman–Crippen LogP) is 1.74. The molecule has 1 aromatic heterocycles. The van der Waals surface area contributed by atoms with Gasteiger partial charge in [-0.3, -0.25) is 9.58 Å². The number of benzene rings is 1. The first-order valence-corrected chi connectivity index (χ1v) is 7.92. The second-order valence-electron chi connectivity index (χ2n) is 6.66. The Balaban J connectivity index is 1.58. The Bertz CT molecular complexity index is 631. The fourth-order valence-corrected chi connectivity index (χ4v) is 3.08. The van der Waals surface area contributed by atoms with Crippen molar-refractivity contribution in [2.45, 2.75) is 38.9 Å². The minimum absolute atomic E-state index is 0.117. The lowest BCUT2D eigenvalue weighted by Gasteiger charge is -2.41. The van der Waals surface area contributed by atoms with Crippen molar-refractivity contribution >= 4 is 0 Å². The first-order chi connectivity index (χ1) is 10.6. The molecule has 0 unspecified atom stereocenters. The molecule has 1 aromatic carbocycles. The third kappa shape index (κ3) is 3.20. The van der Waals surface area contributed by atoms with Crippen LogP contribution in [0.3, 0.4) is 0 Å². The Morgan fingerprint density at radius 1 is 1.23 bits per heavy atom. The molecule has 118 valence electrons. The zero-order chi connectivity index (χ0) is 15.6. The van der Waals surface area contributed by atoms with Gasteiger partial charge in [-0.05, 0) is 31.4 Å². The molecule has 5 nitrogen and oxygen atoms in total. The molecule has 0 saturated carbocycles. The monoisotopic (exact) mass is 299 g/mol. The number of fused-ring (bicyclic) bond motifs is 1. The van der Waals surface area contributed by atoms with Gasteiger partial charge in [-0.2, -0.15) is 5.10 Å². The van der Waals surface area contributed by atoms with Gasteiger partial charge in [0.05, 0.1) is 6.54 Å². The number of rotatable bonds is 5. The summed E-state index contributed by atoms with van der Waals surface area (Å²) in [6, 6.07) is 8.79. The average Bonchev–Trinajstić information content (AvgIpc) is 2.92. The zero-order valence-electron chi connectivity index (χ0n) is 13.7. The highest BCUT2D eigenvalue weighted by Crippen LogP contribution is 2.24. The lowest BCUT2D eigenvalue weighted by atomic mass is 9.94. The maximum atomic E-state index is 4.25. The number of hydrogen-bond acceptors (Lipinski definition) is 4. The van der Waals surface area contributed by atoms with Gasteiger partial charge in [0.1, 0.15) is 12.2 Å². The number of aromatic nitrogens is 3. The quantitative estimate of drug-likeness (QED) is 0.913. The van der Waals surface area contributed by atoms with Gasteiger partial charge in [0, 0.05) is 32.2 Å². The average molecular weight is 299 g/mol. The Hall–Kier alpha value is -1.72. The minimum atomic E-state index is 0.117. The van der Waals surface area contributed by atoms with Crippen molar-refractivity contribution in [2.24, 2.45) is 7.05 Å². The predicted molar refractivity (Wildman–Crippen MR) is 87.3 cm³/mol. The first-order valence-electron chi connectivity index (χ1n) is 7.92. The van der Waals surface area contributed by atoms with Crippen LogP contribution >= 0.6 is 0 Å². The van der Waals surface area contributed by atoms with Crippen LogP contribution in [0.25, 0.3) is 0 Å². The second-order valence-corrected chi connectivity index (χ2v) is 6.66. The molecule has 0 atom stereocenters. The van der Waals surface area contributed by atoms with E-state index in [-0.39, 0.29) is 5.54 Å². The molecule has 0 aliphatic carbocycles. The van der Waals surface area contributed by atoms with Crippen molar-refractivity contribution < 1.29 is 0 Å². The fraction of sp³-hybridized carbons (Fsp3) is 0.529. The van der Waals surface area contributed by atoms with Crippen molar-refractivity contribution in [3.05, 3.63) is 47.5 Å². The largest absolute Gasteiger partial charge is 0.308 e. The molecule has 1 N–H and O–H groups in total. The summed E-state index contributed by atoms with van der Waals surface area (Å²) in [5.74, 6) is 0.972. The first kappa shape index (κ1) is 15.2. The lowest BCUT2D eigenvalue weighted by Crippen LogP contribution is -2.52. The van der Waals surface area contributed by atoms with Crippen LogP contribution in [0.4, 0.5) is 0 Å². The van der Waals surface area contributed by atoms with E-state index in [4.69, 9.17) is 0 Å². The van der Waals surface area contributed by atoms with Crippen molar-refractivity contribution in [3.8, 4) is 0 Å². The Labute approximate surface area is 132 Å². The van der Waals surface area contributed by atoms with Crippen molar-refractivity contribution in [1.82, 2.24) is 25.0 Å². The topological polar surface area (TPSA) is 46.0 Å². The molecule has 0 spiro atoms. The molecular weight excluding hydrogens is 274 g/mol. The third-order valence-corrected chi connectivity index (χ3v) is 4.63. The molecule has 0 amide bonds. The van der Waals surface area contributed by atoms with Gasteiger partial charge in [0.2, 0.25) is 0 Å². The van der Waals surface area contributed by atoms with Gasteiger partial charge >= 0.3 is 0 Å². The SMILES string of the molecule is Cn1ncnc1CNCC(C)(C)N1CCc2ccccc2C1. The molecule has 0 saturated heterocycles. The maximum absolute atomic E-state index is 4.25. The van der Waals surface area contributed by atoms with Gasteiger partial charge in [-0.25, -0.2) is 4.98 Å². The van der Waals surface area contributed by atoms with E-state index in [1.807, 2.05) is 11.7 Å². The Morgan fingerprint density at radius 2 is 2.00 bits per heavy atom. The van der Waals surface area contributed by atoms with Crippen LogP contribution in [0, 0.1) is 0 Å². The molecule has 2 heterocycles. The molecule has 0 radical (unpaired) electrons. The number of nitrogens with one attached hydrogen (secondary N) is 1. The van der Waals surface area contributed by atoms with Gasteiger partial charge in [-0.1, -0.05) is 24.3 Å². The van der Waals surface area contributed by atoms with Crippen LogP contribution in [-0.4, -0.2) is 38.3 Å². The van der Waals surface area contributed by atoms with Gasteiger partial charge in [0.25, 0.3) is 0 Å². The molecule has 5 heteroatoms. The summed E-state index contributed by atoms with van der Waals surface area (Å²) in [6.45, 7) is 8.46. The van der Waals surface area contributed by atoms with Crippen LogP contribution in [0.15, 0.2) is 30.6 Å². The summed E-state index contributed by atoms with van der Waals surface area (Å²) in [6.07, 6.45) is 2.74. The van der Waals surface area contributed by atoms with Crippen LogP contribution < -0.4 is 5.32 Å². The smallest absolute Gasteiger partial charge is 0.140 e. The van der Waals surface area contributed by atoms with Crippen LogP contribution in [-0.2, 0) is 26.6 Å². The van der Waals surface area contributed by atoms with Crippen molar-refractivity contribution in [3.63, 3.8) is 0 Å². The minimum Gasteiger partial charge on any atom is -0.308 e. The summed E-state index contributed by atoms with van der Waals surface area (Å²) in [7, 11) is 1.93. The van der Waals surface area contributed by atoms with E-state index in [0.29, 0.717) is 0 Å². The van der Waals surface area contributed by atoms with E-state index in [0.717, 1.165) is 38.4 Å². The van der Waals surface area contributed by atoms with E-state index in [1.165, 1.54) is 11.1 Å². The molecule has 0 bridgehead atoms. The van der Waals surface area contributed by atoms with Crippen LogP contribution in [0.2, 0.25) is 0 Å². The summed E-state index contributed by atoms with van der Waals surface area (Å²) in [5, 5.41) is 7.63. The highest BCUT2D eigenvalue weighted by molar-refractivity contribution is 5.29. The van der Waals surface area contributed by atoms with E-state index in [9.17, 15) is 0 Å². The van der Waals surface area contributed by atoms with E-state index < -0.39 is 0 Å². The molecule has 1 aliphatic heterocycles. The van der Waals surface area contributed by atoms with Gasteiger partial charge in [0.15, 0.2) is 0 Å². The molecule has 1 aliphatic rings. The highest BCUT2D eigenvalue weighted by Gasteiger charge is 2.29. The molecule has 22 heavy (non-hydrogen) atoms. The summed E-state index contributed by atoms with van der Waals surface area (Å²) in [5.41, 5.74) is 3.09. The Kier molecular flexibility index (Phi) is 4.27. The third-order valence-electron chi connectivity index (χ3n) is 4.63. The standard InChI is InChI=1S/C17H25N5/c1-17(2,12-18-10-16-19-13-20-21(16)3)22-9-8-14-6-4-5-7-15(14)11-22/h4-7,13,18H,8-12H2,1-3H3. The van der Waals surface area contributed by atoms with E-state index in [1.54, 1.807) is 6.33 Å². The zero-order valence-corrected chi connectivity index (χ0v) is 13.7. The summed E-state index contributed by atoms with van der Waals surface area (Å²) in [4.78, 5) is 6.82. The lowest BCUT2D eigenvalue weighted by molar-refractivity contribution is 0.102. The number of nitrogens with zero attached hydrogens (tertiary/aromatic N) is 4. The van der Waals surface area contributed by atoms with Gasteiger partial charge < -0.3 is 5.32 Å². The molecule has 2 aromatic rings. The van der Waals surface area contributed by atoms with Crippen molar-refractivity contribution in [2.75, 3.05) is 13.1 Å². The maximum Gasteiger partial charge on any atom is 0.140 e. The fourth-order valence-electron chi connectivity index (χ4n) is 3.08. The Morgan fingerprint density at radius 3 is 2.73 bits per heavy atom. The summed E-state index contributed by atoms with van der Waals surface area (Å²) >= 11 is 0. The van der Waals surface area contributed by atoms with E-state index >= 15 is 0 Å². The summed E-state index contributed by atoms with van der Waals surface area (Å²) < 4.78 is 1.82. The molecule has 0 fully saturated rings. The number of aryl methyl sites for hydroxylation is 1.